The van der Waals surface area contributed by atoms with Gasteiger partial charge in [-0.3, -0.25) is 4.99 Å². The summed E-state index contributed by atoms with van der Waals surface area (Å²) in [7, 11) is 0. The Morgan fingerprint density at radius 3 is 2.82 bits per heavy atom. The zero-order chi connectivity index (χ0) is 12.6. The molecule has 2 aliphatic heterocycles. The molecule has 0 aliphatic carbocycles. The van der Waals surface area contributed by atoms with Gasteiger partial charge in [-0.25, -0.2) is 4.79 Å². The van der Waals surface area contributed by atoms with Gasteiger partial charge in [0.25, 0.3) is 0 Å². The number of hydrogen-bond acceptors (Lipinski definition) is 5. The van der Waals surface area contributed by atoms with E-state index in [2.05, 4.69) is 9.89 Å². The summed E-state index contributed by atoms with van der Waals surface area (Å²) in [4.78, 5) is 19.9. The fourth-order valence-electron chi connectivity index (χ4n) is 2.10. The molecular weight excluding hydrogens is 220 g/mol. The van der Waals surface area contributed by atoms with E-state index in [1.54, 1.807) is 4.90 Å². The van der Waals surface area contributed by atoms with Crippen molar-refractivity contribution in [3.05, 3.63) is 0 Å². The van der Waals surface area contributed by atoms with Crippen molar-refractivity contribution in [1.29, 1.82) is 0 Å². The zero-order valence-corrected chi connectivity index (χ0v) is 10.6. The number of nitrogens with zero attached hydrogens (tertiary/aromatic N) is 3. The molecule has 1 amide bonds. The van der Waals surface area contributed by atoms with E-state index < -0.39 is 5.60 Å². The molecule has 0 bridgehead atoms. The summed E-state index contributed by atoms with van der Waals surface area (Å²) in [6.45, 7) is 8.30. The standard InChI is InChI=1S/C11H20N4O2/c1-11(2,3)17-10(16)14-4-5-15-8(7-14)6-13-9(15)12/h8H,4-7H2,1-3H3,(H2,12,13). The van der Waals surface area contributed by atoms with Crippen LogP contribution in [0.1, 0.15) is 20.8 Å². The molecule has 2 N–H and O–H groups in total. The van der Waals surface area contributed by atoms with Crippen molar-refractivity contribution in [2.24, 2.45) is 10.7 Å². The van der Waals surface area contributed by atoms with Crippen LogP contribution in [0.3, 0.4) is 0 Å². The molecule has 6 nitrogen and oxygen atoms in total. The van der Waals surface area contributed by atoms with E-state index in [1.165, 1.54) is 0 Å². The van der Waals surface area contributed by atoms with Crippen LogP contribution < -0.4 is 5.73 Å². The summed E-state index contributed by atoms with van der Waals surface area (Å²) < 4.78 is 5.35. The molecule has 0 aromatic rings. The Bertz CT molecular complexity index is 348. The van der Waals surface area contributed by atoms with Gasteiger partial charge in [0.2, 0.25) is 0 Å². The van der Waals surface area contributed by atoms with Crippen LogP contribution >= 0.6 is 0 Å². The topological polar surface area (TPSA) is 71.2 Å². The lowest BCUT2D eigenvalue weighted by Gasteiger charge is -2.38. The Morgan fingerprint density at radius 2 is 2.18 bits per heavy atom. The van der Waals surface area contributed by atoms with Gasteiger partial charge >= 0.3 is 6.09 Å². The molecule has 2 rings (SSSR count). The SMILES string of the molecule is CC(C)(C)OC(=O)N1CCN2C(N)=NCC2C1. The Labute approximate surface area is 101 Å². The molecule has 1 atom stereocenters. The number of rotatable bonds is 0. The van der Waals surface area contributed by atoms with E-state index in [1.807, 2.05) is 20.8 Å². The summed E-state index contributed by atoms with van der Waals surface area (Å²) in [5.41, 5.74) is 5.31. The lowest BCUT2D eigenvalue weighted by Crippen LogP contribution is -2.56. The second-order valence-corrected chi connectivity index (χ2v) is 5.47. The predicted octanol–water partition coefficient (Wildman–Crippen LogP) is 0.236. The Morgan fingerprint density at radius 1 is 1.47 bits per heavy atom. The third-order valence-electron chi connectivity index (χ3n) is 2.89. The van der Waals surface area contributed by atoms with Gasteiger partial charge in [-0.15, -0.1) is 0 Å². The first-order valence-corrected chi connectivity index (χ1v) is 5.91. The number of ether oxygens (including phenoxy) is 1. The van der Waals surface area contributed by atoms with Crippen molar-refractivity contribution in [1.82, 2.24) is 9.80 Å². The third kappa shape index (κ3) is 2.62. The summed E-state index contributed by atoms with van der Waals surface area (Å²) >= 11 is 0. The molecule has 2 heterocycles. The van der Waals surface area contributed by atoms with Crippen LogP contribution in [-0.4, -0.2) is 59.7 Å². The van der Waals surface area contributed by atoms with Crippen LogP contribution in [0.4, 0.5) is 4.79 Å². The normalized spacial score (nSPS) is 24.4. The molecule has 0 radical (unpaired) electrons. The second kappa shape index (κ2) is 4.09. The van der Waals surface area contributed by atoms with E-state index in [4.69, 9.17) is 10.5 Å². The maximum Gasteiger partial charge on any atom is 0.410 e. The van der Waals surface area contributed by atoms with Crippen molar-refractivity contribution < 1.29 is 9.53 Å². The minimum absolute atomic E-state index is 0.219. The van der Waals surface area contributed by atoms with Gasteiger partial charge in [-0.2, -0.15) is 0 Å². The van der Waals surface area contributed by atoms with E-state index in [0.717, 1.165) is 6.54 Å². The summed E-state index contributed by atoms with van der Waals surface area (Å²) in [5.74, 6) is 0.596. The molecule has 1 unspecified atom stereocenters. The van der Waals surface area contributed by atoms with Crippen molar-refractivity contribution in [2.75, 3.05) is 26.2 Å². The molecule has 0 spiro atoms. The molecule has 6 heteroatoms. The van der Waals surface area contributed by atoms with E-state index in [0.29, 0.717) is 25.6 Å². The lowest BCUT2D eigenvalue weighted by atomic mass is 10.2. The average Bonchev–Trinajstić information content (AvgIpc) is 2.57. The van der Waals surface area contributed by atoms with E-state index in [-0.39, 0.29) is 12.1 Å². The van der Waals surface area contributed by atoms with E-state index in [9.17, 15) is 4.79 Å². The molecule has 96 valence electrons. The van der Waals surface area contributed by atoms with Crippen molar-refractivity contribution in [3.8, 4) is 0 Å². The maximum atomic E-state index is 11.9. The van der Waals surface area contributed by atoms with Crippen molar-refractivity contribution in [3.63, 3.8) is 0 Å². The van der Waals surface area contributed by atoms with Crippen LogP contribution in [0, 0.1) is 0 Å². The fraction of sp³-hybridized carbons (Fsp3) is 0.818. The summed E-state index contributed by atoms with van der Waals surface area (Å²) in [5, 5.41) is 0. The fourth-order valence-corrected chi connectivity index (χ4v) is 2.10. The number of fused-ring (bicyclic) bond motifs is 1. The van der Waals surface area contributed by atoms with Gasteiger partial charge in [0.15, 0.2) is 5.96 Å². The highest BCUT2D eigenvalue weighted by atomic mass is 16.6. The average molecular weight is 240 g/mol. The van der Waals surface area contributed by atoms with Crippen LogP contribution in [0.5, 0.6) is 0 Å². The Kier molecular flexibility index (Phi) is 2.89. The Balaban J connectivity index is 1.92. The molecule has 0 saturated carbocycles. The van der Waals surface area contributed by atoms with Gasteiger partial charge in [0.1, 0.15) is 5.60 Å². The van der Waals surface area contributed by atoms with Crippen molar-refractivity contribution in [2.45, 2.75) is 32.4 Å². The van der Waals surface area contributed by atoms with Gasteiger partial charge in [0.05, 0.1) is 12.6 Å². The number of piperazine rings is 1. The van der Waals surface area contributed by atoms with Crippen molar-refractivity contribution >= 4 is 12.1 Å². The largest absolute Gasteiger partial charge is 0.444 e. The Hall–Kier alpha value is -1.46. The zero-order valence-electron chi connectivity index (χ0n) is 10.6. The first-order valence-electron chi connectivity index (χ1n) is 5.91. The quantitative estimate of drug-likeness (QED) is 0.658. The van der Waals surface area contributed by atoms with Gasteiger partial charge < -0.3 is 20.3 Å². The molecule has 17 heavy (non-hydrogen) atoms. The number of amides is 1. The molecular formula is C11H20N4O2. The number of aliphatic imine (C=N–C) groups is 1. The summed E-state index contributed by atoms with van der Waals surface area (Å²) in [6, 6.07) is 0.219. The number of carbonyl (C=O) groups is 1. The minimum Gasteiger partial charge on any atom is -0.444 e. The lowest BCUT2D eigenvalue weighted by molar-refractivity contribution is 0.0139. The molecule has 0 aromatic carbocycles. The summed E-state index contributed by atoms with van der Waals surface area (Å²) in [6.07, 6.45) is -0.248. The number of hydrogen-bond donors (Lipinski definition) is 1. The first-order chi connectivity index (χ1) is 7.87. The number of nitrogens with two attached hydrogens (primary N) is 1. The number of guanidine groups is 1. The monoisotopic (exact) mass is 240 g/mol. The van der Waals surface area contributed by atoms with Crippen LogP contribution in [0.25, 0.3) is 0 Å². The molecule has 0 aromatic heterocycles. The highest BCUT2D eigenvalue weighted by Crippen LogP contribution is 2.17. The maximum absolute atomic E-state index is 11.9. The highest BCUT2D eigenvalue weighted by Gasteiger charge is 2.35. The van der Waals surface area contributed by atoms with Gasteiger partial charge in [-0.1, -0.05) is 0 Å². The van der Waals surface area contributed by atoms with Crippen LogP contribution in [0.15, 0.2) is 4.99 Å². The van der Waals surface area contributed by atoms with E-state index >= 15 is 0 Å². The molecule has 1 saturated heterocycles. The van der Waals surface area contributed by atoms with Crippen LogP contribution in [0.2, 0.25) is 0 Å². The molecule has 1 fully saturated rings. The third-order valence-corrected chi connectivity index (χ3v) is 2.89. The minimum atomic E-state index is -0.445. The first kappa shape index (κ1) is 12.0. The van der Waals surface area contributed by atoms with Crippen LogP contribution in [-0.2, 0) is 4.74 Å². The highest BCUT2D eigenvalue weighted by molar-refractivity contribution is 5.80. The predicted molar refractivity (Wildman–Crippen MR) is 64.8 cm³/mol. The molecule has 2 aliphatic rings. The number of carbonyl (C=O) groups excluding carboxylic acids is 1. The smallest absolute Gasteiger partial charge is 0.410 e. The van der Waals surface area contributed by atoms with Gasteiger partial charge in [0, 0.05) is 19.6 Å². The second-order valence-electron chi connectivity index (χ2n) is 5.47. The van der Waals surface area contributed by atoms with Gasteiger partial charge in [-0.05, 0) is 20.8 Å².